The molecule has 0 fully saturated rings. The quantitative estimate of drug-likeness (QED) is 0.399. The van der Waals surface area contributed by atoms with Crippen LogP contribution in [-0.4, -0.2) is 11.3 Å². The third kappa shape index (κ3) is 3.35. The van der Waals surface area contributed by atoms with Gasteiger partial charge in [0.05, 0.1) is 0 Å². The fraction of sp³-hybridized carbons (Fsp3) is 0.240. The third-order valence-electron chi connectivity index (χ3n) is 5.48. The maximum absolute atomic E-state index is 6.09. The molecule has 29 heavy (non-hydrogen) atoms. The van der Waals surface area contributed by atoms with Gasteiger partial charge in [-0.3, -0.25) is 0 Å². The standard InChI is InChI=1S/C25H23NO3/c1-15(2)23-13-18-12-19(9-11-22(18)28-23)27-20-8-10-21-24(14-20)29-26-25(21)17-6-4-16(3)5-7-17/h4-12,14-15,23H,13H2,1-3H3. The van der Waals surface area contributed by atoms with E-state index in [1.165, 1.54) is 11.1 Å². The average Bonchev–Trinajstić information content (AvgIpc) is 3.32. The molecule has 0 aliphatic carbocycles. The topological polar surface area (TPSA) is 44.5 Å². The Balaban J connectivity index is 1.40. The zero-order valence-corrected chi connectivity index (χ0v) is 16.8. The van der Waals surface area contributed by atoms with Crippen LogP contribution in [0.4, 0.5) is 0 Å². The van der Waals surface area contributed by atoms with Crippen molar-refractivity contribution in [2.24, 2.45) is 5.92 Å². The van der Waals surface area contributed by atoms with E-state index in [0.717, 1.165) is 40.3 Å². The first-order chi connectivity index (χ1) is 14.1. The first kappa shape index (κ1) is 17.8. The van der Waals surface area contributed by atoms with Crippen LogP contribution in [0.2, 0.25) is 0 Å². The SMILES string of the molecule is Cc1ccc(-c2noc3cc(Oc4ccc5c(c4)CC(C(C)C)O5)ccc23)cc1. The summed E-state index contributed by atoms with van der Waals surface area (Å²) < 4.78 is 17.7. The van der Waals surface area contributed by atoms with Gasteiger partial charge in [-0.25, -0.2) is 0 Å². The molecule has 1 aliphatic heterocycles. The van der Waals surface area contributed by atoms with Gasteiger partial charge >= 0.3 is 0 Å². The Bertz CT molecular complexity index is 1170. The fourth-order valence-electron chi connectivity index (χ4n) is 3.72. The molecule has 1 aliphatic rings. The number of benzene rings is 3. The normalized spacial score (nSPS) is 15.5. The average molecular weight is 385 g/mol. The van der Waals surface area contributed by atoms with E-state index in [2.05, 4.69) is 56.3 Å². The predicted octanol–water partition coefficient (Wildman–Crippen LogP) is 6.56. The van der Waals surface area contributed by atoms with Crippen molar-refractivity contribution in [3.8, 4) is 28.5 Å². The largest absolute Gasteiger partial charge is 0.490 e. The minimum Gasteiger partial charge on any atom is -0.490 e. The van der Waals surface area contributed by atoms with Gasteiger partial charge in [-0.1, -0.05) is 48.8 Å². The highest BCUT2D eigenvalue weighted by Gasteiger charge is 2.25. The number of ether oxygens (including phenoxy) is 2. The maximum Gasteiger partial charge on any atom is 0.171 e. The predicted molar refractivity (Wildman–Crippen MR) is 114 cm³/mol. The van der Waals surface area contributed by atoms with Crippen LogP contribution in [0, 0.1) is 12.8 Å². The lowest BCUT2D eigenvalue weighted by Gasteiger charge is -2.13. The van der Waals surface area contributed by atoms with Gasteiger partial charge in [0.2, 0.25) is 0 Å². The van der Waals surface area contributed by atoms with Gasteiger partial charge in [0.1, 0.15) is 29.0 Å². The molecule has 0 spiro atoms. The van der Waals surface area contributed by atoms with Gasteiger partial charge in [-0.05, 0) is 43.2 Å². The van der Waals surface area contributed by atoms with Gasteiger partial charge in [-0.2, -0.15) is 0 Å². The second kappa shape index (κ2) is 6.96. The van der Waals surface area contributed by atoms with Crippen LogP contribution in [0.3, 0.4) is 0 Å². The Kier molecular flexibility index (Phi) is 4.27. The number of hydrogen-bond donors (Lipinski definition) is 0. The van der Waals surface area contributed by atoms with Gasteiger partial charge in [-0.15, -0.1) is 0 Å². The molecule has 1 unspecified atom stereocenters. The highest BCUT2D eigenvalue weighted by Crippen LogP contribution is 2.37. The molecule has 146 valence electrons. The van der Waals surface area contributed by atoms with Crippen molar-refractivity contribution in [2.45, 2.75) is 33.3 Å². The van der Waals surface area contributed by atoms with E-state index in [9.17, 15) is 0 Å². The van der Waals surface area contributed by atoms with E-state index in [1.807, 2.05) is 30.3 Å². The molecule has 1 atom stereocenters. The lowest BCUT2D eigenvalue weighted by molar-refractivity contribution is 0.179. The summed E-state index contributed by atoms with van der Waals surface area (Å²) in [6.45, 7) is 6.44. The van der Waals surface area contributed by atoms with Gasteiger partial charge in [0, 0.05) is 29.0 Å². The molecule has 4 nitrogen and oxygen atoms in total. The van der Waals surface area contributed by atoms with Gasteiger partial charge in [0.25, 0.3) is 0 Å². The fourth-order valence-corrected chi connectivity index (χ4v) is 3.72. The number of rotatable bonds is 4. The molecule has 0 saturated carbocycles. The molecule has 2 heterocycles. The molecule has 0 radical (unpaired) electrons. The lowest BCUT2D eigenvalue weighted by atomic mass is 10.0. The number of hydrogen-bond acceptors (Lipinski definition) is 4. The van der Waals surface area contributed by atoms with Crippen molar-refractivity contribution < 1.29 is 14.0 Å². The summed E-state index contributed by atoms with van der Waals surface area (Å²) in [5, 5.41) is 5.24. The summed E-state index contributed by atoms with van der Waals surface area (Å²) in [5.41, 5.74) is 5.02. The van der Waals surface area contributed by atoms with E-state index in [-0.39, 0.29) is 6.10 Å². The van der Waals surface area contributed by atoms with E-state index < -0.39 is 0 Å². The summed E-state index contributed by atoms with van der Waals surface area (Å²) >= 11 is 0. The molecule has 4 heteroatoms. The Morgan fingerprint density at radius 3 is 2.52 bits per heavy atom. The van der Waals surface area contributed by atoms with Crippen molar-refractivity contribution in [1.29, 1.82) is 0 Å². The molecule has 4 aromatic rings. The smallest absolute Gasteiger partial charge is 0.171 e. The Hall–Kier alpha value is -3.27. The van der Waals surface area contributed by atoms with Crippen molar-refractivity contribution in [3.63, 3.8) is 0 Å². The highest BCUT2D eigenvalue weighted by atomic mass is 16.5. The van der Waals surface area contributed by atoms with Crippen LogP contribution in [0.25, 0.3) is 22.2 Å². The molecule has 0 saturated heterocycles. The van der Waals surface area contributed by atoms with E-state index in [1.54, 1.807) is 0 Å². The number of fused-ring (bicyclic) bond motifs is 2. The van der Waals surface area contributed by atoms with Crippen LogP contribution in [0.15, 0.2) is 65.2 Å². The van der Waals surface area contributed by atoms with Crippen LogP contribution < -0.4 is 9.47 Å². The van der Waals surface area contributed by atoms with Crippen LogP contribution >= 0.6 is 0 Å². The highest BCUT2D eigenvalue weighted by molar-refractivity contribution is 5.92. The zero-order valence-electron chi connectivity index (χ0n) is 16.8. The monoisotopic (exact) mass is 385 g/mol. The number of nitrogens with zero attached hydrogens (tertiary/aromatic N) is 1. The minimum absolute atomic E-state index is 0.242. The summed E-state index contributed by atoms with van der Waals surface area (Å²) in [6, 6.07) is 20.1. The number of aromatic nitrogens is 1. The molecule has 3 aromatic carbocycles. The summed E-state index contributed by atoms with van der Waals surface area (Å²) in [4.78, 5) is 0. The molecule has 1 aromatic heterocycles. The van der Waals surface area contributed by atoms with Gasteiger partial charge in [0.15, 0.2) is 5.58 Å². The van der Waals surface area contributed by atoms with Crippen LogP contribution in [0.1, 0.15) is 25.0 Å². The van der Waals surface area contributed by atoms with Crippen molar-refractivity contribution in [2.75, 3.05) is 0 Å². The minimum atomic E-state index is 0.242. The number of aryl methyl sites for hydroxylation is 1. The Labute approximate surface area is 170 Å². The molecular weight excluding hydrogens is 362 g/mol. The lowest BCUT2D eigenvalue weighted by Crippen LogP contribution is -2.19. The second-order valence-corrected chi connectivity index (χ2v) is 8.03. The van der Waals surface area contributed by atoms with E-state index in [0.29, 0.717) is 11.5 Å². The van der Waals surface area contributed by atoms with Crippen LogP contribution in [0.5, 0.6) is 17.2 Å². The molecular formula is C25H23NO3. The van der Waals surface area contributed by atoms with Crippen molar-refractivity contribution in [3.05, 3.63) is 71.8 Å². The maximum atomic E-state index is 6.09. The molecule has 0 bridgehead atoms. The summed E-state index contributed by atoms with van der Waals surface area (Å²) in [5.74, 6) is 2.98. The molecule has 0 N–H and O–H groups in total. The van der Waals surface area contributed by atoms with E-state index in [4.69, 9.17) is 14.0 Å². The Morgan fingerprint density at radius 2 is 1.72 bits per heavy atom. The van der Waals surface area contributed by atoms with Crippen molar-refractivity contribution >= 4 is 11.0 Å². The summed E-state index contributed by atoms with van der Waals surface area (Å²) in [7, 11) is 0. The summed E-state index contributed by atoms with van der Waals surface area (Å²) in [6.07, 6.45) is 1.16. The first-order valence-electron chi connectivity index (χ1n) is 10.0. The van der Waals surface area contributed by atoms with Crippen LogP contribution in [-0.2, 0) is 6.42 Å². The first-order valence-corrected chi connectivity index (χ1v) is 10.0. The van der Waals surface area contributed by atoms with Gasteiger partial charge < -0.3 is 14.0 Å². The van der Waals surface area contributed by atoms with Crippen molar-refractivity contribution in [1.82, 2.24) is 5.16 Å². The Morgan fingerprint density at radius 1 is 0.966 bits per heavy atom. The van der Waals surface area contributed by atoms with E-state index >= 15 is 0 Å². The molecule has 5 rings (SSSR count). The second-order valence-electron chi connectivity index (χ2n) is 8.03. The zero-order chi connectivity index (χ0) is 20.0. The molecule has 0 amide bonds. The third-order valence-corrected chi connectivity index (χ3v) is 5.48.